The summed E-state index contributed by atoms with van der Waals surface area (Å²) in [5.74, 6) is 0.386. The molecule has 0 heterocycles. The molecule has 2 aromatic carbocycles. The van der Waals surface area contributed by atoms with Crippen LogP contribution < -0.4 is 0 Å². The Bertz CT molecular complexity index is 695. The molecule has 0 saturated heterocycles. The second kappa shape index (κ2) is 7.57. The summed E-state index contributed by atoms with van der Waals surface area (Å²) < 4.78 is 0. The summed E-state index contributed by atoms with van der Waals surface area (Å²) in [6, 6.07) is 17.5. The number of benzene rings is 2. The molecule has 126 valence electrons. The Labute approximate surface area is 144 Å². The van der Waals surface area contributed by atoms with Gasteiger partial charge in [0, 0.05) is 23.3 Å². The predicted octanol–water partition coefficient (Wildman–Crippen LogP) is 4.91. The van der Waals surface area contributed by atoms with Crippen LogP contribution in [0.5, 0.6) is 0 Å². The van der Waals surface area contributed by atoms with Crippen LogP contribution in [0.15, 0.2) is 54.6 Å². The lowest BCUT2D eigenvalue weighted by molar-refractivity contribution is -0.126. The van der Waals surface area contributed by atoms with Gasteiger partial charge in [0.15, 0.2) is 5.78 Å². The van der Waals surface area contributed by atoms with Gasteiger partial charge >= 0.3 is 0 Å². The number of carbonyl (C=O) groups excluding carboxylic acids is 2. The van der Waals surface area contributed by atoms with Crippen LogP contribution in [0.1, 0.15) is 49.2 Å². The maximum Gasteiger partial charge on any atom is 0.165 e. The van der Waals surface area contributed by atoms with E-state index in [0.717, 1.165) is 16.7 Å². The van der Waals surface area contributed by atoms with Crippen molar-refractivity contribution in [1.29, 1.82) is 0 Å². The van der Waals surface area contributed by atoms with Gasteiger partial charge in [0.1, 0.15) is 5.78 Å². The van der Waals surface area contributed by atoms with Crippen molar-refractivity contribution in [2.45, 2.75) is 40.5 Å². The lowest BCUT2D eigenvalue weighted by Gasteiger charge is -2.23. The molecule has 2 nitrogen and oxygen atoms in total. The molecule has 0 saturated carbocycles. The van der Waals surface area contributed by atoms with E-state index in [-0.39, 0.29) is 17.5 Å². The van der Waals surface area contributed by atoms with Crippen LogP contribution >= 0.6 is 0 Å². The van der Waals surface area contributed by atoms with Gasteiger partial charge in [-0.2, -0.15) is 0 Å². The average Bonchev–Trinajstić information content (AvgIpc) is 2.55. The molecular formula is C22H26O2. The van der Waals surface area contributed by atoms with Gasteiger partial charge in [-0.3, -0.25) is 9.59 Å². The predicted molar refractivity (Wildman–Crippen MR) is 98.2 cm³/mol. The fourth-order valence-electron chi connectivity index (χ4n) is 2.75. The minimum Gasteiger partial charge on any atom is -0.299 e. The van der Waals surface area contributed by atoms with Gasteiger partial charge in [0.05, 0.1) is 0 Å². The summed E-state index contributed by atoms with van der Waals surface area (Å²) in [5, 5.41) is 0. The molecule has 0 unspecified atom stereocenters. The first kappa shape index (κ1) is 18.1. The number of ketones is 2. The maximum absolute atomic E-state index is 12.6. The molecule has 0 bridgehead atoms. The summed E-state index contributed by atoms with van der Waals surface area (Å²) in [5.41, 5.74) is 2.44. The highest BCUT2D eigenvalue weighted by molar-refractivity contribution is 5.97. The van der Waals surface area contributed by atoms with Crippen molar-refractivity contribution in [3.63, 3.8) is 0 Å². The van der Waals surface area contributed by atoms with Crippen LogP contribution in [0.4, 0.5) is 0 Å². The monoisotopic (exact) mass is 322 g/mol. The average molecular weight is 322 g/mol. The fraction of sp³-hybridized carbons (Fsp3) is 0.364. The number of rotatable bonds is 7. The Hall–Kier alpha value is -2.22. The number of hydrogen-bond donors (Lipinski definition) is 0. The molecular weight excluding hydrogens is 296 g/mol. The van der Waals surface area contributed by atoms with Crippen LogP contribution in [-0.4, -0.2) is 11.6 Å². The third kappa shape index (κ3) is 4.64. The summed E-state index contributed by atoms with van der Waals surface area (Å²) in [7, 11) is 0. The molecule has 2 heteroatoms. The van der Waals surface area contributed by atoms with Crippen LogP contribution in [0.3, 0.4) is 0 Å². The zero-order valence-corrected chi connectivity index (χ0v) is 15.0. The largest absolute Gasteiger partial charge is 0.299 e. The minimum atomic E-state index is -0.431. The SMILES string of the molecule is CC(C)C(=O)c1ccc(CC(C)(C)C(=O)Cc2ccccc2)cc1. The minimum absolute atomic E-state index is 0.000240. The van der Waals surface area contributed by atoms with Crippen molar-refractivity contribution >= 4 is 11.6 Å². The van der Waals surface area contributed by atoms with Gasteiger partial charge in [-0.1, -0.05) is 82.3 Å². The Morgan fingerprint density at radius 1 is 0.875 bits per heavy atom. The van der Waals surface area contributed by atoms with E-state index in [9.17, 15) is 9.59 Å². The third-order valence-corrected chi connectivity index (χ3v) is 4.37. The highest BCUT2D eigenvalue weighted by Crippen LogP contribution is 2.25. The summed E-state index contributed by atoms with van der Waals surface area (Å²) in [6.45, 7) is 7.79. The normalized spacial score (nSPS) is 11.5. The number of Topliss-reactive ketones (excluding diaryl/α,β-unsaturated/α-hetero) is 2. The van der Waals surface area contributed by atoms with Crippen molar-refractivity contribution in [3.05, 3.63) is 71.3 Å². The Morgan fingerprint density at radius 2 is 1.46 bits per heavy atom. The first-order chi connectivity index (χ1) is 11.3. The van der Waals surface area contributed by atoms with Crippen molar-refractivity contribution in [2.75, 3.05) is 0 Å². The summed E-state index contributed by atoms with van der Waals surface area (Å²) in [4.78, 5) is 24.6. The molecule has 24 heavy (non-hydrogen) atoms. The van der Waals surface area contributed by atoms with E-state index in [1.165, 1.54) is 0 Å². The van der Waals surface area contributed by atoms with Crippen LogP contribution in [0, 0.1) is 11.3 Å². The second-order valence-electron chi connectivity index (χ2n) is 7.36. The highest BCUT2D eigenvalue weighted by atomic mass is 16.1. The molecule has 0 amide bonds. The van der Waals surface area contributed by atoms with Gasteiger partial charge in [0.2, 0.25) is 0 Å². The van der Waals surface area contributed by atoms with Gasteiger partial charge in [-0.15, -0.1) is 0 Å². The van der Waals surface area contributed by atoms with Crippen molar-refractivity contribution in [2.24, 2.45) is 11.3 Å². The standard InChI is InChI=1S/C22H26O2/c1-16(2)21(24)19-12-10-18(11-13-19)15-22(3,4)20(23)14-17-8-6-5-7-9-17/h5-13,16H,14-15H2,1-4H3. The molecule has 0 N–H and O–H groups in total. The second-order valence-corrected chi connectivity index (χ2v) is 7.36. The lowest BCUT2D eigenvalue weighted by atomic mass is 9.79. The van der Waals surface area contributed by atoms with Gasteiger partial charge in [-0.25, -0.2) is 0 Å². The first-order valence-corrected chi connectivity index (χ1v) is 8.50. The third-order valence-electron chi connectivity index (χ3n) is 4.37. The van der Waals surface area contributed by atoms with Gasteiger partial charge < -0.3 is 0 Å². The van der Waals surface area contributed by atoms with E-state index in [0.29, 0.717) is 12.8 Å². The van der Waals surface area contributed by atoms with E-state index >= 15 is 0 Å². The number of carbonyl (C=O) groups is 2. The molecule has 0 aromatic heterocycles. The van der Waals surface area contributed by atoms with Crippen molar-refractivity contribution in [1.82, 2.24) is 0 Å². The van der Waals surface area contributed by atoms with E-state index in [4.69, 9.17) is 0 Å². The van der Waals surface area contributed by atoms with E-state index < -0.39 is 5.41 Å². The summed E-state index contributed by atoms with van der Waals surface area (Å²) in [6.07, 6.45) is 1.13. The molecule has 0 radical (unpaired) electrons. The van der Waals surface area contributed by atoms with Crippen LogP contribution in [0.2, 0.25) is 0 Å². The topological polar surface area (TPSA) is 34.1 Å². The van der Waals surface area contributed by atoms with Crippen LogP contribution in [-0.2, 0) is 17.6 Å². The number of hydrogen-bond acceptors (Lipinski definition) is 2. The summed E-state index contributed by atoms with van der Waals surface area (Å²) >= 11 is 0. The Morgan fingerprint density at radius 3 is 2.00 bits per heavy atom. The van der Waals surface area contributed by atoms with Crippen molar-refractivity contribution < 1.29 is 9.59 Å². The zero-order valence-electron chi connectivity index (χ0n) is 15.0. The van der Waals surface area contributed by atoms with E-state index in [1.54, 1.807) is 0 Å². The molecule has 0 fully saturated rings. The Balaban J connectivity index is 2.05. The zero-order chi connectivity index (χ0) is 17.7. The quantitative estimate of drug-likeness (QED) is 0.679. The van der Waals surface area contributed by atoms with E-state index in [2.05, 4.69) is 0 Å². The lowest BCUT2D eigenvalue weighted by Crippen LogP contribution is -2.28. The molecule has 2 aromatic rings. The Kier molecular flexibility index (Phi) is 5.71. The van der Waals surface area contributed by atoms with E-state index in [1.807, 2.05) is 82.3 Å². The maximum atomic E-state index is 12.6. The fourth-order valence-corrected chi connectivity index (χ4v) is 2.75. The molecule has 0 aliphatic rings. The molecule has 0 spiro atoms. The molecule has 0 aliphatic carbocycles. The van der Waals surface area contributed by atoms with Crippen molar-refractivity contribution in [3.8, 4) is 0 Å². The molecule has 2 rings (SSSR count). The van der Waals surface area contributed by atoms with Gasteiger partial charge in [-0.05, 0) is 17.5 Å². The molecule has 0 aliphatic heterocycles. The highest BCUT2D eigenvalue weighted by Gasteiger charge is 2.27. The first-order valence-electron chi connectivity index (χ1n) is 8.50. The molecule has 0 atom stereocenters. The smallest absolute Gasteiger partial charge is 0.165 e. The van der Waals surface area contributed by atoms with Gasteiger partial charge in [0.25, 0.3) is 0 Å². The van der Waals surface area contributed by atoms with Crippen LogP contribution in [0.25, 0.3) is 0 Å².